The zero-order chi connectivity index (χ0) is 14.7. The molecule has 2 aromatic heterocycles. The molecule has 4 rings (SSSR count). The van der Waals surface area contributed by atoms with E-state index in [0.717, 1.165) is 35.3 Å². The van der Waals surface area contributed by atoms with Gasteiger partial charge >= 0.3 is 0 Å². The summed E-state index contributed by atoms with van der Waals surface area (Å²) in [6, 6.07) is 1.31. The van der Waals surface area contributed by atoms with Crippen LogP contribution in [0.5, 0.6) is 0 Å². The fraction of sp³-hybridized carbons (Fsp3) is 0.733. The van der Waals surface area contributed by atoms with Gasteiger partial charge in [0.15, 0.2) is 5.65 Å². The SMILES string of the molecule is Cc1nn(C)c2c1nc(C(C)Cl)n2C1CCN(C2CC2)C1. The smallest absolute Gasteiger partial charge is 0.159 e. The van der Waals surface area contributed by atoms with Crippen LogP contribution >= 0.6 is 11.6 Å². The minimum atomic E-state index is -0.0771. The van der Waals surface area contributed by atoms with Gasteiger partial charge in [-0.05, 0) is 33.1 Å². The number of imidazole rings is 1. The Labute approximate surface area is 129 Å². The summed E-state index contributed by atoms with van der Waals surface area (Å²) in [6.45, 7) is 6.35. The molecule has 114 valence electrons. The molecule has 0 N–H and O–H groups in total. The highest BCUT2D eigenvalue weighted by atomic mass is 35.5. The molecule has 2 fully saturated rings. The average Bonchev–Trinajstić information content (AvgIpc) is 2.94. The van der Waals surface area contributed by atoms with Crippen LogP contribution in [0, 0.1) is 6.92 Å². The van der Waals surface area contributed by atoms with Crippen molar-refractivity contribution in [3.63, 3.8) is 0 Å². The molecule has 0 aromatic carbocycles. The topological polar surface area (TPSA) is 38.9 Å². The maximum Gasteiger partial charge on any atom is 0.159 e. The lowest BCUT2D eigenvalue weighted by Crippen LogP contribution is -2.24. The van der Waals surface area contributed by atoms with Gasteiger partial charge in [-0.2, -0.15) is 5.10 Å². The monoisotopic (exact) mass is 307 g/mol. The zero-order valence-electron chi connectivity index (χ0n) is 12.9. The second-order valence-electron chi connectivity index (χ2n) is 6.51. The quantitative estimate of drug-likeness (QED) is 0.819. The van der Waals surface area contributed by atoms with Gasteiger partial charge in [0.2, 0.25) is 0 Å². The number of alkyl halides is 1. The van der Waals surface area contributed by atoms with Crippen LogP contribution in [0.15, 0.2) is 0 Å². The number of likely N-dealkylation sites (tertiary alicyclic amines) is 1. The Morgan fingerprint density at radius 1 is 1.24 bits per heavy atom. The van der Waals surface area contributed by atoms with Gasteiger partial charge in [-0.1, -0.05) is 0 Å². The van der Waals surface area contributed by atoms with Gasteiger partial charge in [0, 0.05) is 26.2 Å². The summed E-state index contributed by atoms with van der Waals surface area (Å²) in [7, 11) is 2.00. The molecule has 0 amide bonds. The molecular weight excluding hydrogens is 286 g/mol. The van der Waals surface area contributed by atoms with E-state index in [1.54, 1.807) is 0 Å². The first-order valence-electron chi connectivity index (χ1n) is 7.85. The van der Waals surface area contributed by atoms with E-state index in [1.807, 2.05) is 25.6 Å². The predicted molar refractivity (Wildman–Crippen MR) is 83.8 cm³/mol. The Morgan fingerprint density at radius 3 is 2.67 bits per heavy atom. The van der Waals surface area contributed by atoms with Crippen molar-refractivity contribution in [3.8, 4) is 0 Å². The molecule has 0 bridgehead atoms. The summed E-state index contributed by atoms with van der Waals surface area (Å²) < 4.78 is 4.32. The molecule has 2 aliphatic rings. The molecule has 6 heteroatoms. The summed E-state index contributed by atoms with van der Waals surface area (Å²) in [5, 5.41) is 4.45. The van der Waals surface area contributed by atoms with Gasteiger partial charge in [-0.3, -0.25) is 9.58 Å². The van der Waals surface area contributed by atoms with Crippen LogP contribution in [0.25, 0.3) is 11.2 Å². The van der Waals surface area contributed by atoms with Crippen LogP contribution in [-0.2, 0) is 7.05 Å². The Kier molecular flexibility index (Phi) is 3.05. The van der Waals surface area contributed by atoms with E-state index in [4.69, 9.17) is 16.6 Å². The Hall–Kier alpha value is -1.07. The van der Waals surface area contributed by atoms with Crippen molar-refractivity contribution >= 4 is 22.8 Å². The molecule has 2 aromatic rings. The Balaban J connectivity index is 1.80. The summed E-state index contributed by atoms with van der Waals surface area (Å²) in [4.78, 5) is 7.42. The molecular formula is C15H22ClN5. The summed E-state index contributed by atoms with van der Waals surface area (Å²) >= 11 is 6.40. The van der Waals surface area contributed by atoms with Gasteiger partial charge in [0.25, 0.3) is 0 Å². The van der Waals surface area contributed by atoms with Crippen molar-refractivity contribution in [2.24, 2.45) is 7.05 Å². The molecule has 0 spiro atoms. The number of hydrogen-bond acceptors (Lipinski definition) is 3. The predicted octanol–water partition coefficient (Wildman–Crippen LogP) is 2.79. The molecule has 1 aliphatic carbocycles. The van der Waals surface area contributed by atoms with Crippen LogP contribution in [0.1, 0.15) is 49.1 Å². The number of aromatic nitrogens is 4. The number of hydrogen-bond donors (Lipinski definition) is 0. The van der Waals surface area contributed by atoms with Gasteiger partial charge in [-0.15, -0.1) is 11.6 Å². The van der Waals surface area contributed by atoms with Crippen LogP contribution in [-0.4, -0.2) is 43.4 Å². The lowest BCUT2D eigenvalue weighted by atomic mass is 10.2. The van der Waals surface area contributed by atoms with E-state index in [2.05, 4.69) is 14.6 Å². The van der Waals surface area contributed by atoms with Crippen LogP contribution in [0.3, 0.4) is 0 Å². The molecule has 21 heavy (non-hydrogen) atoms. The molecule has 2 unspecified atom stereocenters. The van der Waals surface area contributed by atoms with Crippen molar-refractivity contribution < 1.29 is 0 Å². The highest BCUT2D eigenvalue weighted by Gasteiger charge is 2.37. The highest BCUT2D eigenvalue weighted by molar-refractivity contribution is 6.20. The van der Waals surface area contributed by atoms with E-state index in [9.17, 15) is 0 Å². The maximum atomic E-state index is 6.40. The van der Waals surface area contributed by atoms with Crippen molar-refractivity contribution in [2.45, 2.75) is 50.6 Å². The third kappa shape index (κ3) is 2.09. The number of rotatable bonds is 3. The molecule has 0 radical (unpaired) electrons. The highest BCUT2D eigenvalue weighted by Crippen LogP contribution is 2.37. The van der Waals surface area contributed by atoms with Gasteiger partial charge in [0.1, 0.15) is 11.3 Å². The third-order valence-corrected chi connectivity index (χ3v) is 5.04. The number of halogens is 1. The van der Waals surface area contributed by atoms with E-state index >= 15 is 0 Å². The van der Waals surface area contributed by atoms with Crippen LogP contribution in [0.4, 0.5) is 0 Å². The standard InChI is InChI=1S/C15H22ClN5/c1-9(16)14-17-13-10(2)18-19(3)15(13)21(14)12-6-7-20(8-12)11-4-5-11/h9,11-12H,4-8H2,1-3H3. The van der Waals surface area contributed by atoms with E-state index in [-0.39, 0.29) is 5.38 Å². The van der Waals surface area contributed by atoms with Crippen molar-refractivity contribution in [1.29, 1.82) is 0 Å². The largest absolute Gasteiger partial charge is 0.307 e. The van der Waals surface area contributed by atoms with Gasteiger partial charge in [0.05, 0.1) is 17.1 Å². The van der Waals surface area contributed by atoms with Crippen molar-refractivity contribution in [3.05, 3.63) is 11.5 Å². The molecule has 1 saturated heterocycles. The van der Waals surface area contributed by atoms with E-state index < -0.39 is 0 Å². The second kappa shape index (κ2) is 4.71. The molecule has 1 saturated carbocycles. The summed E-state index contributed by atoms with van der Waals surface area (Å²) in [5.74, 6) is 0.991. The minimum absolute atomic E-state index is 0.0771. The van der Waals surface area contributed by atoms with Gasteiger partial charge < -0.3 is 4.57 Å². The van der Waals surface area contributed by atoms with E-state index in [0.29, 0.717) is 6.04 Å². The van der Waals surface area contributed by atoms with Crippen LogP contribution in [0.2, 0.25) is 0 Å². The second-order valence-corrected chi connectivity index (χ2v) is 7.16. The number of fused-ring (bicyclic) bond motifs is 1. The number of aryl methyl sites for hydroxylation is 2. The average molecular weight is 308 g/mol. The molecule has 1 aliphatic heterocycles. The van der Waals surface area contributed by atoms with Crippen molar-refractivity contribution in [2.75, 3.05) is 13.1 Å². The number of nitrogens with zero attached hydrogens (tertiary/aromatic N) is 5. The van der Waals surface area contributed by atoms with E-state index in [1.165, 1.54) is 25.8 Å². The first-order valence-corrected chi connectivity index (χ1v) is 8.29. The molecule has 2 atom stereocenters. The van der Waals surface area contributed by atoms with Gasteiger partial charge in [-0.25, -0.2) is 4.98 Å². The third-order valence-electron chi connectivity index (χ3n) is 4.84. The summed E-state index contributed by atoms with van der Waals surface area (Å²) in [5.41, 5.74) is 3.12. The molecule has 3 heterocycles. The lowest BCUT2D eigenvalue weighted by molar-refractivity contribution is 0.313. The first kappa shape index (κ1) is 13.6. The normalized spacial score (nSPS) is 25.0. The van der Waals surface area contributed by atoms with Crippen LogP contribution < -0.4 is 0 Å². The Bertz CT molecular complexity index is 682. The minimum Gasteiger partial charge on any atom is -0.307 e. The fourth-order valence-corrected chi connectivity index (χ4v) is 3.86. The Morgan fingerprint density at radius 2 is 2.00 bits per heavy atom. The maximum absolute atomic E-state index is 6.40. The summed E-state index contributed by atoms with van der Waals surface area (Å²) in [6.07, 6.45) is 3.92. The fourth-order valence-electron chi connectivity index (χ4n) is 3.70. The first-order chi connectivity index (χ1) is 10.1. The lowest BCUT2D eigenvalue weighted by Gasteiger charge is -2.19. The zero-order valence-corrected chi connectivity index (χ0v) is 13.6. The molecule has 5 nitrogen and oxygen atoms in total. The van der Waals surface area contributed by atoms with Crippen molar-refractivity contribution in [1.82, 2.24) is 24.2 Å².